The second kappa shape index (κ2) is 22.7. The molecule has 5 aliphatic heterocycles. The third-order valence-electron chi connectivity index (χ3n) is 17.6. The van der Waals surface area contributed by atoms with Gasteiger partial charge in [-0.1, -0.05) is 46.9 Å². The van der Waals surface area contributed by atoms with E-state index in [-0.39, 0.29) is 57.7 Å². The Labute approximate surface area is 476 Å². The van der Waals surface area contributed by atoms with Crippen molar-refractivity contribution in [3.63, 3.8) is 0 Å². The van der Waals surface area contributed by atoms with Gasteiger partial charge in [0.1, 0.15) is 12.2 Å². The molecule has 0 bridgehead atoms. The number of cyclic esters (lactones) is 2. The summed E-state index contributed by atoms with van der Waals surface area (Å²) in [6.45, 7) is 30.2. The molecule has 2 N–H and O–H groups in total. The Morgan fingerprint density at radius 1 is 0.558 bits per heavy atom. The third-order valence-corrected chi connectivity index (χ3v) is 18.0. The van der Waals surface area contributed by atoms with E-state index in [1.54, 1.807) is 68.7 Å². The van der Waals surface area contributed by atoms with Gasteiger partial charge in [0, 0.05) is 66.4 Å². The Hall–Kier alpha value is -2.54. The number of fused-ring (bicyclic) bond motifs is 2. The molecular weight excluding hydrogens is 1160 g/mol. The van der Waals surface area contributed by atoms with Crippen LogP contribution in [0.4, 0.5) is 17.6 Å². The number of carbonyl (C=O) groups excluding carboxylic acids is 2. The molecule has 0 amide bonds. The Balaban J connectivity index is 0.000000254. The summed E-state index contributed by atoms with van der Waals surface area (Å²) in [5.74, 6) is -13.3. The maximum atomic E-state index is 14.7. The van der Waals surface area contributed by atoms with Gasteiger partial charge in [-0.3, -0.25) is 9.97 Å². The van der Waals surface area contributed by atoms with E-state index < -0.39 is 128 Å². The van der Waals surface area contributed by atoms with Gasteiger partial charge in [0.15, 0.2) is 11.2 Å². The minimum atomic E-state index is -3.20. The van der Waals surface area contributed by atoms with Crippen LogP contribution in [0.3, 0.4) is 0 Å². The van der Waals surface area contributed by atoms with Gasteiger partial charge in [0.2, 0.25) is 0 Å². The molecule has 14 nitrogen and oxygen atoms in total. The van der Waals surface area contributed by atoms with E-state index in [9.17, 15) is 37.4 Å². The van der Waals surface area contributed by atoms with Crippen molar-refractivity contribution in [3.8, 4) is 0 Å². The molecule has 0 aromatic carbocycles. The fourth-order valence-electron chi connectivity index (χ4n) is 10.7. The van der Waals surface area contributed by atoms with Crippen molar-refractivity contribution in [1.82, 2.24) is 9.97 Å². The average Bonchev–Trinajstić information content (AvgIpc) is 3.89. The summed E-state index contributed by atoms with van der Waals surface area (Å²) < 4.78 is 105. The van der Waals surface area contributed by atoms with E-state index in [1.165, 1.54) is 13.8 Å². The minimum absolute atomic E-state index is 0. The molecule has 2 aromatic heterocycles. The number of pyridine rings is 2. The quantitative estimate of drug-likeness (QED) is 0.159. The summed E-state index contributed by atoms with van der Waals surface area (Å²) >= 11 is 3.28. The number of halogens is 5. The van der Waals surface area contributed by atoms with E-state index in [0.717, 1.165) is 9.94 Å². The van der Waals surface area contributed by atoms with Gasteiger partial charge in [-0.15, -0.1) is 0 Å². The van der Waals surface area contributed by atoms with Crippen LogP contribution in [0.25, 0.3) is 12.2 Å². The first-order valence-electron chi connectivity index (χ1n) is 25.3. The van der Waals surface area contributed by atoms with Gasteiger partial charge in [-0.25, -0.2) is 27.2 Å². The molecule has 7 aliphatic rings. The number of esters is 2. The number of ether oxygens (including phenoxy) is 2. The van der Waals surface area contributed by atoms with Crippen LogP contribution < -0.4 is 5.46 Å². The van der Waals surface area contributed by atoms with Gasteiger partial charge in [-0.05, 0) is 155 Å². The van der Waals surface area contributed by atoms with Crippen molar-refractivity contribution >= 4 is 66.6 Å². The zero-order chi connectivity index (χ0) is 55.4. The molecule has 432 valence electrons. The van der Waals surface area contributed by atoms with Crippen LogP contribution in [0.1, 0.15) is 150 Å². The van der Waals surface area contributed by atoms with Crippen molar-refractivity contribution in [2.45, 2.75) is 207 Å². The number of aliphatic hydroxyl groups is 2. The average molecular weight is 1240 g/mol. The van der Waals surface area contributed by atoms with E-state index in [0.29, 0.717) is 11.4 Å². The zero-order valence-electron chi connectivity index (χ0n) is 45.6. The van der Waals surface area contributed by atoms with Gasteiger partial charge < -0.3 is 47.6 Å². The molecule has 77 heavy (non-hydrogen) atoms. The van der Waals surface area contributed by atoms with E-state index in [1.807, 2.05) is 89.2 Å². The summed E-state index contributed by atoms with van der Waals surface area (Å²) in [5, 5.41) is 21.4. The normalized spacial score (nSPS) is 35.0. The fourth-order valence-corrected chi connectivity index (χ4v) is 11.0. The van der Waals surface area contributed by atoms with E-state index >= 15 is 0 Å². The molecule has 0 radical (unpaired) electrons. The predicted molar refractivity (Wildman–Crippen MR) is 288 cm³/mol. The molecular formula is C54H80B3BrF4N2O12Pd. The largest absolute Gasteiger partial charge is 0.496 e. The van der Waals surface area contributed by atoms with Gasteiger partial charge in [-0.2, -0.15) is 0 Å². The second-order valence-corrected chi connectivity index (χ2v) is 25.1. The maximum Gasteiger partial charge on any atom is 0.496 e. The minimum Gasteiger partial charge on any atom is -0.460 e. The number of nitrogens with zero attached hydrogens (tertiary/aromatic N) is 2. The van der Waals surface area contributed by atoms with E-state index in [2.05, 4.69) is 25.9 Å². The molecule has 5 saturated heterocycles. The zero-order valence-corrected chi connectivity index (χ0v) is 48.8. The van der Waals surface area contributed by atoms with Crippen LogP contribution in [-0.2, 0) is 67.4 Å². The van der Waals surface area contributed by atoms with Crippen LogP contribution in [0, 0.1) is 35.5 Å². The van der Waals surface area contributed by atoms with Crippen LogP contribution >= 0.6 is 15.9 Å². The van der Waals surface area contributed by atoms with Crippen molar-refractivity contribution in [2.24, 2.45) is 35.5 Å². The molecule has 0 unspecified atom stereocenters. The number of rotatable bonds is 6. The number of carbonyl (C=O) groups is 2. The van der Waals surface area contributed by atoms with Crippen LogP contribution in [-0.4, -0.2) is 122 Å². The number of aromatic nitrogens is 2. The van der Waals surface area contributed by atoms with Crippen LogP contribution in [0.2, 0.25) is 0 Å². The predicted octanol–water partition coefficient (Wildman–Crippen LogP) is 9.94. The molecule has 9 rings (SSSR count). The first-order valence-corrected chi connectivity index (χ1v) is 26.1. The van der Waals surface area contributed by atoms with Crippen molar-refractivity contribution < 1.29 is 95.2 Å². The molecule has 2 saturated carbocycles. The van der Waals surface area contributed by atoms with Crippen LogP contribution in [0.5, 0.6) is 0 Å². The number of hydrogen-bond donors (Lipinski definition) is 2. The Bertz CT molecular complexity index is 2410. The molecule has 2 aliphatic carbocycles. The summed E-state index contributed by atoms with van der Waals surface area (Å²) in [6, 6.07) is 7.13. The number of alkyl halides is 4. The molecule has 0 spiro atoms. The Morgan fingerprint density at radius 3 is 1.19 bits per heavy atom. The standard InChI is InChI=1S/C23H30BF2NO5.C17H18BrF2NO3.C12H24B2O4.2CH4.Pd/c1-13-17(18-14(2)30-19(28)22(18,29)12-23(13,25)26)10-9-16-8-7-15(11-27-16)24-31-20(3,4)21(5,6)32-24;1-9-13(6-5-12-4-3-11(18)7-21-12)14-10(2)24-15(22)16(14,23)8-17(9,19)20;1-9(2)10(3,4)16-13(15-9)14-17-11(5,6)12(7,8)18-14;;;/h7-11,13-14,17-18,29H,12H2,1-6H3;3-7,9-10,13-14,23H,8H2,1-2H3;1-8H3;2*1H4;/b10-9+;6-5+;;;;/t13-,14+,17-,18-,22-;9-,10+,13-,14-,16-;;;;/m00..../s1. The summed E-state index contributed by atoms with van der Waals surface area (Å²) in [4.78, 5) is 32.7. The van der Waals surface area contributed by atoms with Gasteiger partial charge in [0.25, 0.3) is 11.8 Å². The van der Waals surface area contributed by atoms with Crippen LogP contribution in [0.15, 0.2) is 53.3 Å². The summed E-state index contributed by atoms with van der Waals surface area (Å²) in [5.41, 5.74) is -4.76. The Morgan fingerprint density at radius 2 is 0.883 bits per heavy atom. The van der Waals surface area contributed by atoms with Gasteiger partial charge in [0.05, 0.1) is 57.8 Å². The molecule has 7 heterocycles. The van der Waals surface area contributed by atoms with Crippen molar-refractivity contribution in [1.29, 1.82) is 0 Å². The first kappa shape index (κ1) is 67.0. The van der Waals surface area contributed by atoms with E-state index in [4.69, 9.17) is 37.4 Å². The number of allylic oxidation sites excluding steroid dienone is 2. The smallest absolute Gasteiger partial charge is 0.460 e. The monoisotopic (exact) mass is 1240 g/mol. The first-order chi connectivity index (χ1) is 33.7. The molecule has 23 heteroatoms. The molecule has 7 fully saturated rings. The maximum absolute atomic E-state index is 14.7. The van der Waals surface area contributed by atoms with Gasteiger partial charge >= 0.3 is 33.1 Å². The fraction of sp³-hybridized carbons (Fsp3) is 0.704. The van der Waals surface area contributed by atoms with Crippen molar-refractivity contribution in [2.75, 3.05) is 0 Å². The summed E-state index contributed by atoms with van der Waals surface area (Å²) in [6.07, 6.45) is 6.69. The SMILES string of the molecule is C.C.CC1(C)OB(B2OC(C)(C)C(C)(C)O2)OC1(C)C.C[C@H]1OC(=O)[C@]2(O)CC(F)(F)[C@@H](C)[C@H](/C=C/c3ccc(B4OC(C)(C)C(C)(C)O4)cn3)[C@H]12.C[C@H]1OC(=O)[C@]2(O)CC(F)(F)[C@@H](C)[C@H](/C=C/c3ccc(Br)cn3)[C@H]12.[Pd]. The summed E-state index contributed by atoms with van der Waals surface area (Å²) in [7, 11) is -1.49. The number of hydrogen-bond acceptors (Lipinski definition) is 14. The molecule has 10 atom stereocenters. The van der Waals surface area contributed by atoms with Crippen molar-refractivity contribution in [3.05, 3.63) is 64.7 Å². The second-order valence-electron chi connectivity index (χ2n) is 24.2. The molecule has 2 aromatic rings. The topological polar surface area (TPSA) is 174 Å². The Kier molecular flexibility index (Phi) is 19.7. The third kappa shape index (κ3) is 12.6.